The van der Waals surface area contributed by atoms with Crippen molar-refractivity contribution in [1.82, 2.24) is 14.9 Å². The molecule has 0 spiro atoms. The standard InChI is InChI=1S/C12H14N4OS/c1-7-5-10(7)11-4-3-9(17-11)6-13-16-8(2)14-15-12(16)18/h3-4,6-7,10H,5H2,1-2H3,(H,15,18)/b13-6-/t7-,10+/m1/s1. The number of aromatic nitrogens is 3. The van der Waals surface area contributed by atoms with Gasteiger partial charge < -0.3 is 4.42 Å². The van der Waals surface area contributed by atoms with Crippen LogP contribution >= 0.6 is 12.2 Å². The molecule has 0 amide bonds. The van der Waals surface area contributed by atoms with Crippen molar-refractivity contribution in [2.24, 2.45) is 11.0 Å². The predicted octanol–water partition coefficient (Wildman–Crippen LogP) is 2.85. The van der Waals surface area contributed by atoms with Crippen LogP contribution in [0.25, 0.3) is 0 Å². The van der Waals surface area contributed by atoms with Crippen molar-refractivity contribution in [3.63, 3.8) is 0 Å². The fraction of sp³-hybridized carbons (Fsp3) is 0.417. The summed E-state index contributed by atoms with van der Waals surface area (Å²) in [5.41, 5.74) is 0. The van der Waals surface area contributed by atoms with Crippen molar-refractivity contribution in [3.8, 4) is 0 Å². The van der Waals surface area contributed by atoms with Gasteiger partial charge in [-0.2, -0.15) is 14.9 Å². The number of hydrogen-bond donors (Lipinski definition) is 1. The van der Waals surface area contributed by atoms with E-state index >= 15 is 0 Å². The maximum absolute atomic E-state index is 5.73. The second kappa shape index (κ2) is 4.20. The van der Waals surface area contributed by atoms with Crippen LogP contribution in [-0.2, 0) is 0 Å². The lowest BCUT2D eigenvalue weighted by Gasteiger charge is -1.93. The highest BCUT2D eigenvalue weighted by molar-refractivity contribution is 7.71. The van der Waals surface area contributed by atoms with E-state index in [2.05, 4.69) is 22.2 Å². The van der Waals surface area contributed by atoms with Crippen LogP contribution in [0, 0.1) is 17.6 Å². The third kappa shape index (κ3) is 2.03. The molecule has 2 atom stereocenters. The second-order valence-electron chi connectivity index (χ2n) is 4.69. The number of nitrogens with one attached hydrogen (secondary N) is 1. The zero-order valence-electron chi connectivity index (χ0n) is 10.3. The van der Waals surface area contributed by atoms with Gasteiger partial charge in [0.05, 0.1) is 6.21 Å². The van der Waals surface area contributed by atoms with Crippen LogP contribution in [0.2, 0.25) is 0 Å². The first-order chi connectivity index (χ1) is 8.65. The van der Waals surface area contributed by atoms with Gasteiger partial charge in [-0.05, 0) is 43.6 Å². The van der Waals surface area contributed by atoms with Gasteiger partial charge in [0.25, 0.3) is 0 Å². The Morgan fingerprint density at radius 1 is 1.61 bits per heavy atom. The number of aryl methyl sites for hydroxylation is 1. The van der Waals surface area contributed by atoms with Gasteiger partial charge in [-0.3, -0.25) is 5.10 Å². The van der Waals surface area contributed by atoms with Crippen LogP contribution < -0.4 is 0 Å². The van der Waals surface area contributed by atoms with E-state index in [9.17, 15) is 0 Å². The maximum atomic E-state index is 5.73. The van der Waals surface area contributed by atoms with Gasteiger partial charge in [0.2, 0.25) is 4.77 Å². The molecule has 94 valence electrons. The van der Waals surface area contributed by atoms with Crippen LogP contribution in [0.1, 0.15) is 36.6 Å². The molecule has 6 heteroatoms. The van der Waals surface area contributed by atoms with E-state index in [1.54, 1.807) is 10.9 Å². The summed E-state index contributed by atoms with van der Waals surface area (Å²) in [4.78, 5) is 0. The van der Waals surface area contributed by atoms with Gasteiger partial charge >= 0.3 is 0 Å². The number of furan rings is 1. The second-order valence-corrected chi connectivity index (χ2v) is 5.08. The molecule has 2 heterocycles. The minimum Gasteiger partial charge on any atom is -0.460 e. The summed E-state index contributed by atoms with van der Waals surface area (Å²) in [7, 11) is 0. The summed E-state index contributed by atoms with van der Waals surface area (Å²) in [5, 5.41) is 10.9. The molecule has 0 unspecified atom stereocenters. The first-order valence-corrected chi connectivity index (χ1v) is 6.34. The third-order valence-corrected chi connectivity index (χ3v) is 3.50. The number of nitrogens with zero attached hydrogens (tertiary/aromatic N) is 3. The molecular weight excluding hydrogens is 248 g/mol. The van der Waals surface area contributed by atoms with Crippen molar-refractivity contribution in [3.05, 3.63) is 34.2 Å². The number of hydrogen-bond acceptors (Lipinski definition) is 4. The molecule has 1 aliphatic rings. The molecular formula is C12H14N4OS. The topological polar surface area (TPSA) is 59.1 Å². The zero-order chi connectivity index (χ0) is 12.7. The van der Waals surface area contributed by atoms with Gasteiger partial charge in [-0.15, -0.1) is 0 Å². The molecule has 1 aliphatic carbocycles. The van der Waals surface area contributed by atoms with E-state index in [0.717, 1.165) is 23.3 Å². The average Bonchev–Trinajstić information content (AvgIpc) is 2.76. The van der Waals surface area contributed by atoms with Gasteiger partial charge in [-0.25, -0.2) is 0 Å². The van der Waals surface area contributed by atoms with Crippen molar-refractivity contribution in [2.45, 2.75) is 26.2 Å². The minimum absolute atomic E-state index is 0.478. The molecule has 3 rings (SSSR count). The van der Waals surface area contributed by atoms with E-state index in [0.29, 0.717) is 10.7 Å². The van der Waals surface area contributed by atoms with E-state index in [-0.39, 0.29) is 0 Å². The molecule has 1 N–H and O–H groups in total. The first kappa shape index (κ1) is 11.4. The Bertz CT molecular complexity index is 651. The zero-order valence-corrected chi connectivity index (χ0v) is 11.1. The smallest absolute Gasteiger partial charge is 0.216 e. The van der Waals surface area contributed by atoms with Crippen molar-refractivity contribution >= 4 is 18.4 Å². The summed E-state index contributed by atoms with van der Waals surface area (Å²) in [6.07, 6.45) is 2.88. The monoisotopic (exact) mass is 262 g/mol. The number of H-pyrrole nitrogens is 1. The summed E-state index contributed by atoms with van der Waals surface area (Å²) in [6.45, 7) is 4.07. The van der Waals surface area contributed by atoms with Crippen LogP contribution in [0.3, 0.4) is 0 Å². The Labute approximate surface area is 110 Å². The Hall–Kier alpha value is -1.69. The van der Waals surface area contributed by atoms with E-state index in [1.807, 2.05) is 19.1 Å². The maximum Gasteiger partial charge on any atom is 0.216 e. The SMILES string of the molecule is Cc1n[nH]c(=S)n1/N=C\c1ccc([C@H]2C[C@H]2C)o1. The van der Waals surface area contributed by atoms with Gasteiger partial charge in [0, 0.05) is 5.92 Å². The Morgan fingerprint density at radius 3 is 3.00 bits per heavy atom. The molecule has 0 aromatic carbocycles. The molecule has 0 aliphatic heterocycles. The third-order valence-electron chi connectivity index (χ3n) is 3.24. The van der Waals surface area contributed by atoms with Crippen LogP contribution in [0.15, 0.2) is 21.7 Å². The summed E-state index contributed by atoms with van der Waals surface area (Å²) in [6, 6.07) is 3.96. The van der Waals surface area contributed by atoms with Crippen LogP contribution in [0.5, 0.6) is 0 Å². The number of aromatic amines is 1. The molecule has 2 aromatic rings. The lowest BCUT2D eigenvalue weighted by molar-refractivity contribution is 0.500. The number of rotatable bonds is 3. The van der Waals surface area contributed by atoms with Gasteiger partial charge in [-0.1, -0.05) is 6.92 Å². The molecule has 0 radical (unpaired) electrons. The first-order valence-electron chi connectivity index (χ1n) is 5.93. The lowest BCUT2D eigenvalue weighted by Crippen LogP contribution is -1.93. The molecule has 5 nitrogen and oxygen atoms in total. The largest absolute Gasteiger partial charge is 0.460 e. The highest BCUT2D eigenvalue weighted by atomic mass is 32.1. The Morgan fingerprint density at radius 2 is 2.39 bits per heavy atom. The lowest BCUT2D eigenvalue weighted by atomic mass is 10.3. The summed E-state index contributed by atoms with van der Waals surface area (Å²) >= 11 is 5.06. The predicted molar refractivity (Wildman–Crippen MR) is 70.4 cm³/mol. The summed E-state index contributed by atoms with van der Waals surface area (Å²) < 4.78 is 7.77. The highest BCUT2D eigenvalue weighted by Gasteiger charge is 2.36. The molecule has 1 fully saturated rings. The van der Waals surface area contributed by atoms with Crippen LogP contribution in [-0.4, -0.2) is 21.1 Å². The van der Waals surface area contributed by atoms with E-state index < -0.39 is 0 Å². The fourth-order valence-corrected chi connectivity index (χ4v) is 2.20. The molecule has 18 heavy (non-hydrogen) atoms. The average molecular weight is 262 g/mol. The van der Waals surface area contributed by atoms with E-state index in [4.69, 9.17) is 16.6 Å². The van der Waals surface area contributed by atoms with Crippen LogP contribution in [0.4, 0.5) is 0 Å². The molecule has 0 bridgehead atoms. The fourth-order valence-electron chi connectivity index (χ4n) is 1.98. The normalized spacial score (nSPS) is 22.8. The molecule has 2 aromatic heterocycles. The van der Waals surface area contributed by atoms with Crippen molar-refractivity contribution < 1.29 is 4.42 Å². The molecule has 1 saturated carbocycles. The minimum atomic E-state index is 0.478. The highest BCUT2D eigenvalue weighted by Crippen LogP contribution is 2.47. The van der Waals surface area contributed by atoms with Gasteiger partial charge in [0.15, 0.2) is 0 Å². The van der Waals surface area contributed by atoms with Crippen molar-refractivity contribution in [1.29, 1.82) is 0 Å². The summed E-state index contributed by atoms with van der Waals surface area (Å²) in [5.74, 6) is 3.84. The molecule has 0 saturated heterocycles. The van der Waals surface area contributed by atoms with E-state index in [1.165, 1.54) is 6.42 Å². The Kier molecular flexibility index (Phi) is 2.66. The Balaban J connectivity index is 1.80. The van der Waals surface area contributed by atoms with Gasteiger partial charge in [0.1, 0.15) is 17.3 Å². The quantitative estimate of drug-likeness (QED) is 0.683. The van der Waals surface area contributed by atoms with Crippen molar-refractivity contribution in [2.75, 3.05) is 0 Å².